The Kier molecular flexibility index (Phi) is 6.89. The number of rotatable bonds is 7. The molecule has 0 aliphatic rings. The maximum atomic E-state index is 11.3. The molecule has 2 rings (SSSR count). The summed E-state index contributed by atoms with van der Waals surface area (Å²) in [4.78, 5) is 13.3. The molecule has 6 heteroatoms. The Morgan fingerprint density at radius 2 is 1.60 bits per heavy atom. The van der Waals surface area contributed by atoms with Crippen LogP contribution < -0.4 is 4.90 Å². The molecule has 0 atom stereocenters. The largest absolute Gasteiger partial charge is 0.460 e. The van der Waals surface area contributed by atoms with Crippen LogP contribution in [0.15, 0.2) is 75.4 Å². The molecular formula is C19H20BrN3O2. The lowest BCUT2D eigenvalue weighted by molar-refractivity contribution is -0.138. The van der Waals surface area contributed by atoms with E-state index in [1.165, 1.54) is 0 Å². The molecule has 0 radical (unpaired) electrons. The second kappa shape index (κ2) is 9.13. The van der Waals surface area contributed by atoms with E-state index in [0.717, 1.165) is 21.5 Å². The van der Waals surface area contributed by atoms with E-state index in [0.29, 0.717) is 18.7 Å². The second-order valence-electron chi connectivity index (χ2n) is 5.53. The quantitative estimate of drug-likeness (QED) is 0.353. The summed E-state index contributed by atoms with van der Waals surface area (Å²) in [6, 6.07) is 15.3. The van der Waals surface area contributed by atoms with Gasteiger partial charge in [0.15, 0.2) is 0 Å². The summed E-state index contributed by atoms with van der Waals surface area (Å²) in [6.45, 7) is 6.10. The molecule has 2 aromatic rings. The predicted molar refractivity (Wildman–Crippen MR) is 104 cm³/mol. The Balaban J connectivity index is 1.89. The zero-order valence-electron chi connectivity index (χ0n) is 14.3. The van der Waals surface area contributed by atoms with Gasteiger partial charge in [0.1, 0.15) is 6.61 Å². The van der Waals surface area contributed by atoms with Crippen molar-refractivity contribution in [2.45, 2.75) is 6.92 Å². The fourth-order valence-corrected chi connectivity index (χ4v) is 2.19. The van der Waals surface area contributed by atoms with E-state index >= 15 is 0 Å². The number of likely N-dealkylation sites (N-methyl/N-ethyl adjacent to an activating group) is 1. The molecule has 2 aromatic carbocycles. The number of benzene rings is 2. The molecule has 130 valence electrons. The molecule has 0 aliphatic heterocycles. The third-order valence-corrected chi connectivity index (χ3v) is 3.94. The lowest BCUT2D eigenvalue weighted by Gasteiger charge is -2.19. The van der Waals surface area contributed by atoms with Crippen LogP contribution in [0.3, 0.4) is 0 Å². The van der Waals surface area contributed by atoms with Crippen LogP contribution in [0.5, 0.6) is 0 Å². The Bertz CT molecular complexity index is 755. The minimum absolute atomic E-state index is 0.313. The van der Waals surface area contributed by atoms with Crippen molar-refractivity contribution in [1.29, 1.82) is 0 Å². The number of hydrogen-bond donors (Lipinski definition) is 0. The second-order valence-corrected chi connectivity index (χ2v) is 6.45. The number of carbonyl (C=O) groups excluding carboxylic acids is 1. The SMILES string of the molecule is C=C(C)C(=O)OCCN(C)c1ccc(N=Nc2ccc(Br)cc2)cc1. The van der Waals surface area contributed by atoms with Crippen molar-refractivity contribution in [1.82, 2.24) is 0 Å². The molecule has 0 aliphatic carbocycles. The standard InChI is InChI=1S/C19H20BrN3O2/c1-14(2)19(24)25-13-12-23(3)18-10-8-17(9-11-18)22-21-16-6-4-15(20)5-7-16/h4-11H,1,12-13H2,2-3H3. The monoisotopic (exact) mass is 401 g/mol. The minimum atomic E-state index is -0.364. The Morgan fingerprint density at radius 1 is 1.08 bits per heavy atom. The maximum Gasteiger partial charge on any atom is 0.333 e. The van der Waals surface area contributed by atoms with Crippen molar-refractivity contribution in [2.24, 2.45) is 10.2 Å². The first-order chi connectivity index (χ1) is 12.0. The molecule has 0 saturated heterocycles. The smallest absolute Gasteiger partial charge is 0.333 e. The van der Waals surface area contributed by atoms with Gasteiger partial charge in [-0.3, -0.25) is 0 Å². The highest BCUT2D eigenvalue weighted by Crippen LogP contribution is 2.22. The van der Waals surface area contributed by atoms with Gasteiger partial charge in [0.2, 0.25) is 0 Å². The Labute approximate surface area is 156 Å². The first kappa shape index (κ1) is 18.9. The lowest BCUT2D eigenvalue weighted by atomic mass is 10.2. The van der Waals surface area contributed by atoms with Gasteiger partial charge in [-0.1, -0.05) is 22.5 Å². The van der Waals surface area contributed by atoms with Crippen molar-refractivity contribution in [3.05, 3.63) is 65.2 Å². The molecule has 0 spiro atoms. The van der Waals surface area contributed by atoms with Crippen LogP contribution in [-0.2, 0) is 9.53 Å². The topological polar surface area (TPSA) is 54.3 Å². The minimum Gasteiger partial charge on any atom is -0.460 e. The molecule has 0 N–H and O–H groups in total. The molecule has 0 saturated carbocycles. The predicted octanol–water partition coefficient (Wildman–Crippen LogP) is 5.42. The van der Waals surface area contributed by atoms with Gasteiger partial charge in [0.25, 0.3) is 0 Å². The van der Waals surface area contributed by atoms with E-state index in [9.17, 15) is 4.79 Å². The van der Waals surface area contributed by atoms with Crippen LogP contribution in [0.1, 0.15) is 6.92 Å². The van der Waals surface area contributed by atoms with Crippen LogP contribution in [0.25, 0.3) is 0 Å². The van der Waals surface area contributed by atoms with Crippen LogP contribution in [0.4, 0.5) is 17.1 Å². The van der Waals surface area contributed by atoms with E-state index in [1.807, 2.05) is 60.5 Å². The van der Waals surface area contributed by atoms with Gasteiger partial charge in [0.05, 0.1) is 17.9 Å². The number of ether oxygens (including phenoxy) is 1. The molecule has 0 bridgehead atoms. The van der Waals surface area contributed by atoms with Crippen molar-refractivity contribution in [2.75, 3.05) is 25.1 Å². The van der Waals surface area contributed by atoms with Crippen LogP contribution in [0, 0.1) is 0 Å². The van der Waals surface area contributed by atoms with Crippen molar-refractivity contribution >= 4 is 39.0 Å². The fraction of sp³-hybridized carbons (Fsp3) is 0.211. The molecule has 0 heterocycles. The van der Waals surface area contributed by atoms with E-state index in [-0.39, 0.29) is 5.97 Å². The summed E-state index contributed by atoms with van der Waals surface area (Å²) < 4.78 is 6.11. The molecule has 0 fully saturated rings. The van der Waals surface area contributed by atoms with Crippen molar-refractivity contribution < 1.29 is 9.53 Å². The van der Waals surface area contributed by atoms with Crippen molar-refractivity contribution in [3.8, 4) is 0 Å². The van der Waals surface area contributed by atoms with Crippen molar-refractivity contribution in [3.63, 3.8) is 0 Å². The van der Waals surface area contributed by atoms with Gasteiger partial charge in [-0.15, -0.1) is 0 Å². The zero-order valence-corrected chi connectivity index (χ0v) is 15.9. The highest BCUT2D eigenvalue weighted by molar-refractivity contribution is 9.10. The van der Waals surface area contributed by atoms with Crippen LogP contribution >= 0.6 is 15.9 Å². The number of carbonyl (C=O) groups is 1. The fourth-order valence-electron chi connectivity index (χ4n) is 1.92. The van der Waals surface area contributed by atoms with E-state index in [2.05, 4.69) is 32.7 Å². The normalized spacial score (nSPS) is 10.7. The molecule has 0 aromatic heterocycles. The number of azo groups is 1. The van der Waals surface area contributed by atoms with Crippen LogP contribution in [-0.4, -0.2) is 26.2 Å². The molecule has 0 unspecified atom stereocenters. The number of halogens is 1. The maximum absolute atomic E-state index is 11.3. The molecular weight excluding hydrogens is 382 g/mol. The summed E-state index contributed by atoms with van der Waals surface area (Å²) in [7, 11) is 1.94. The highest BCUT2D eigenvalue weighted by Gasteiger charge is 2.05. The summed E-state index contributed by atoms with van der Waals surface area (Å²) in [5.41, 5.74) is 2.98. The Hall–Kier alpha value is -2.47. The third-order valence-electron chi connectivity index (χ3n) is 3.41. The summed E-state index contributed by atoms with van der Waals surface area (Å²) in [5, 5.41) is 8.43. The molecule has 5 nitrogen and oxygen atoms in total. The van der Waals surface area contributed by atoms with Gasteiger partial charge in [0, 0.05) is 22.8 Å². The van der Waals surface area contributed by atoms with Gasteiger partial charge >= 0.3 is 5.97 Å². The highest BCUT2D eigenvalue weighted by atomic mass is 79.9. The first-order valence-electron chi connectivity index (χ1n) is 7.77. The zero-order chi connectivity index (χ0) is 18.2. The van der Waals surface area contributed by atoms with E-state index < -0.39 is 0 Å². The number of anilines is 1. The number of esters is 1. The number of hydrogen-bond acceptors (Lipinski definition) is 5. The van der Waals surface area contributed by atoms with Gasteiger partial charge in [-0.2, -0.15) is 10.2 Å². The lowest BCUT2D eigenvalue weighted by Crippen LogP contribution is -2.23. The summed E-state index contributed by atoms with van der Waals surface area (Å²) >= 11 is 3.39. The van der Waals surface area contributed by atoms with Crippen LogP contribution in [0.2, 0.25) is 0 Å². The molecule has 25 heavy (non-hydrogen) atoms. The number of nitrogens with zero attached hydrogens (tertiary/aromatic N) is 3. The summed E-state index contributed by atoms with van der Waals surface area (Å²) in [5.74, 6) is -0.364. The third kappa shape index (κ3) is 6.15. The van der Waals surface area contributed by atoms with E-state index in [1.54, 1.807) is 6.92 Å². The van der Waals surface area contributed by atoms with Gasteiger partial charge in [-0.25, -0.2) is 4.79 Å². The molecule has 0 amide bonds. The van der Waals surface area contributed by atoms with E-state index in [4.69, 9.17) is 4.74 Å². The average molecular weight is 402 g/mol. The summed E-state index contributed by atoms with van der Waals surface area (Å²) in [6.07, 6.45) is 0. The first-order valence-corrected chi connectivity index (χ1v) is 8.56. The van der Waals surface area contributed by atoms with Gasteiger partial charge < -0.3 is 9.64 Å². The van der Waals surface area contributed by atoms with Gasteiger partial charge in [-0.05, 0) is 55.5 Å². The average Bonchev–Trinajstić information content (AvgIpc) is 2.61. The Morgan fingerprint density at radius 3 is 2.12 bits per heavy atom.